The highest BCUT2D eigenvalue weighted by Gasteiger charge is 2.38. The molecule has 4 heteroatoms. The Labute approximate surface area is 147 Å². The number of carbonyl (C=O) groups is 2. The first kappa shape index (κ1) is 17.2. The lowest BCUT2D eigenvalue weighted by Crippen LogP contribution is -2.33. The summed E-state index contributed by atoms with van der Waals surface area (Å²) in [6.07, 6.45) is 4.24. The molecule has 2 aromatic rings. The molecule has 1 saturated carbocycles. The molecule has 2 aromatic carbocycles. The number of benzene rings is 2. The summed E-state index contributed by atoms with van der Waals surface area (Å²) in [5.74, 6) is -1.29. The van der Waals surface area contributed by atoms with Gasteiger partial charge in [0.2, 0.25) is 0 Å². The lowest BCUT2D eigenvalue weighted by Gasteiger charge is -2.41. The highest BCUT2D eigenvalue weighted by molar-refractivity contribution is 5.88. The third-order valence-corrected chi connectivity index (χ3v) is 5.37. The molecule has 0 heterocycles. The summed E-state index contributed by atoms with van der Waals surface area (Å²) in [5.41, 5.74) is 2.58. The fraction of sp³-hybridized carbons (Fsp3) is 0.333. The molecule has 1 atom stereocenters. The quantitative estimate of drug-likeness (QED) is 0.856. The maximum Gasteiger partial charge on any atom is 0.335 e. The van der Waals surface area contributed by atoms with Crippen molar-refractivity contribution in [2.24, 2.45) is 5.92 Å². The fourth-order valence-corrected chi connectivity index (χ4v) is 4.11. The minimum Gasteiger partial charge on any atom is -0.478 e. The average molecular weight is 338 g/mol. The van der Waals surface area contributed by atoms with Crippen LogP contribution in [0.15, 0.2) is 48.5 Å². The maximum atomic E-state index is 11.1. The van der Waals surface area contributed by atoms with Crippen molar-refractivity contribution in [2.75, 3.05) is 0 Å². The van der Waals surface area contributed by atoms with Crippen LogP contribution in [-0.2, 0) is 5.41 Å². The Morgan fingerprint density at radius 2 is 1.32 bits per heavy atom. The molecule has 1 fully saturated rings. The summed E-state index contributed by atoms with van der Waals surface area (Å²) in [6.45, 7) is 2.24. The van der Waals surface area contributed by atoms with E-state index in [0.717, 1.165) is 30.4 Å². The van der Waals surface area contributed by atoms with Crippen LogP contribution >= 0.6 is 0 Å². The first-order valence-corrected chi connectivity index (χ1v) is 8.60. The molecule has 0 aliphatic heterocycles. The summed E-state index contributed by atoms with van der Waals surface area (Å²) in [5, 5.41) is 18.3. The molecule has 0 radical (unpaired) electrons. The second-order valence-corrected chi connectivity index (χ2v) is 7.05. The highest BCUT2D eigenvalue weighted by atomic mass is 16.4. The third kappa shape index (κ3) is 3.29. The van der Waals surface area contributed by atoms with Crippen LogP contribution in [0.25, 0.3) is 0 Å². The Hall–Kier alpha value is -2.62. The lowest BCUT2D eigenvalue weighted by atomic mass is 9.62. The van der Waals surface area contributed by atoms with Crippen molar-refractivity contribution in [3.63, 3.8) is 0 Å². The molecular weight excluding hydrogens is 316 g/mol. The van der Waals surface area contributed by atoms with Gasteiger partial charge in [-0.1, -0.05) is 44.0 Å². The Bertz CT molecular complexity index is 717. The van der Waals surface area contributed by atoms with Crippen LogP contribution in [0.3, 0.4) is 0 Å². The van der Waals surface area contributed by atoms with Crippen LogP contribution in [-0.4, -0.2) is 22.2 Å². The minimum atomic E-state index is -0.927. The summed E-state index contributed by atoms with van der Waals surface area (Å²) in [7, 11) is 0. The van der Waals surface area contributed by atoms with E-state index in [9.17, 15) is 9.59 Å². The van der Waals surface area contributed by atoms with Gasteiger partial charge in [-0.2, -0.15) is 0 Å². The zero-order chi connectivity index (χ0) is 18.0. The predicted molar refractivity (Wildman–Crippen MR) is 95.2 cm³/mol. The lowest BCUT2D eigenvalue weighted by molar-refractivity contribution is 0.0686. The largest absolute Gasteiger partial charge is 0.478 e. The number of carboxylic acids is 2. The number of hydrogen-bond acceptors (Lipinski definition) is 2. The van der Waals surface area contributed by atoms with Crippen LogP contribution < -0.4 is 0 Å². The fourth-order valence-electron chi connectivity index (χ4n) is 4.11. The Morgan fingerprint density at radius 1 is 0.880 bits per heavy atom. The molecule has 25 heavy (non-hydrogen) atoms. The number of aromatic carboxylic acids is 2. The summed E-state index contributed by atoms with van der Waals surface area (Å²) in [4.78, 5) is 22.3. The Balaban J connectivity index is 2.07. The van der Waals surface area contributed by atoms with Crippen LogP contribution in [0.4, 0.5) is 0 Å². The van der Waals surface area contributed by atoms with Crippen LogP contribution in [0.2, 0.25) is 0 Å². The molecular formula is C21H22O4. The van der Waals surface area contributed by atoms with Gasteiger partial charge in [-0.15, -0.1) is 0 Å². The van der Waals surface area contributed by atoms with E-state index in [1.165, 1.54) is 6.42 Å². The van der Waals surface area contributed by atoms with Crippen molar-refractivity contribution in [2.45, 2.75) is 38.0 Å². The molecule has 1 unspecified atom stereocenters. The molecule has 0 saturated heterocycles. The zero-order valence-electron chi connectivity index (χ0n) is 14.2. The molecule has 0 bridgehead atoms. The van der Waals surface area contributed by atoms with E-state index < -0.39 is 11.9 Å². The topological polar surface area (TPSA) is 74.6 Å². The summed E-state index contributed by atoms with van der Waals surface area (Å²) in [6, 6.07) is 14.3. The molecule has 1 aliphatic carbocycles. The van der Waals surface area contributed by atoms with E-state index >= 15 is 0 Å². The van der Waals surface area contributed by atoms with E-state index in [1.54, 1.807) is 24.3 Å². The van der Waals surface area contributed by atoms with Gasteiger partial charge in [-0.25, -0.2) is 9.59 Å². The van der Waals surface area contributed by atoms with E-state index in [0.29, 0.717) is 5.92 Å². The number of carboxylic acid groups (broad SMARTS) is 2. The van der Waals surface area contributed by atoms with Gasteiger partial charge in [0.05, 0.1) is 11.1 Å². The van der Waals surface area contributed by atoms with E-state index in [4.69, 9.17) is 10.2 Å². The molecule has 4 nitrogen and oxygen atoms in total. The molecule has 0 spiro atoms. The first-order valence-electron chi connectivity index (χ1n) is 8.60. The van der Waals surface area contributed by atoms with Crippen LogP contribution in [0.5, 0.6) is 0 Å². The van der Waals surface area contributed by atoms with Gasteiger partial charge >= 0.3 is 11.9 Å². The van der Waals surface area contributed by atoms with Gasteiger partial charge in [0.15, 0.2) is 0 Å². The smallest absolute Gasteiger partial charge is 0.335 e. The SMILES string of the molecule is CC1CCCC(c2ccc(C(=O)O)cc2)(c2ccc(C(=O)O)cc2)C1. The van der Waals surface area contributed by atoms with Crippen molar-refractivity contribution in [3.8, 4) is 0 Å². The number of hydrogen-bond donors (Lipinski definition) is 2. The molecule has 130 valence electrons. The monoisotopic (exact) mass is 338 g/mol. The molecule has 0 aromatic heterocycles. The first-order chi connectivity index (χ1) is 11.9. The third-order valence-electron chi connectivity index (χ3n) is 5.37. The van der Waals surface area contributed by atoms with Gasteiger partial charge in [0.25, 0.3) is 0 Å². The Kier molecular flexibility index (Phi) is 4.62. The summed E-state index contributed by atoms with van der Waals surface area (Å²) >= 11 is 0. The van der Waals surface area contributed by atoms with Gasteiger partial charge in [-0.05, 0) is 54.2 Å². The van der Waals surface area contributed by atoms with Gasteiger partial charge < -0.3 is 10.2 Å². The molecule has 3 rings (SSSR count). The maximum absolute atomic E-state index is 11.1. The van der Waals surface area contributed by atoms with Crippen LogP contribution in [0, 0.1) is 5.92 Å². The van der Waals surface area contributed by atoms with E-state index in [2.05, 4.69) is 6.92 Å². The molecule has 2 N–H and O–H groups in total. The second-order valence-electron chi connectivity index (χ2n) is 7.05. The van der Waals surface area contributed by atoms with Gasteiger partial charge in [-0.3, -0.25) is 0 Å². The average Bonchev–Trinajstić information content (AvgIpc) is 2.61. The van der Waals surface area contributed by atoms with Gasteiger partial charge in [0.1, 0.15) is 0 Å². The van der Waals surface area contributed by atoms with Crippen molar-refractivity contribution in [1.29, 1.82) is 0 Å². The number of rotatable bonds is 4. The minimum absolute atomic E-state index is 0.189. The molecule has 0 amide bonds. The zero-order valence-corrected chi connectivity index (χ0v) is 14.2. The second kappa shape index (κ2) is 6.71. The van der Waals surface area contributed by atoms with E-state index in [1.807, 2.05) is 24.3 Å². The van der Waals surface area contributed by atoms with Crippen molar-refractivity contribution >= 4 is 11.9 Å². The normalized spacial score (nSPS) is 19.3. The van der Waals surface area contributed by atoms with E-state index in [-0.39, 0.29) is 16.5 Å². The van der Waals surface area contributed by atoms with Crippen molar-refractivity contribution < 1.29 is 19.8 Å². The van der Waals surface area contributed by atoms with Gasteiger partial charge in [0, 0.05) is 5.41 Å². The highest BCUT2D eigenvalue weighted by Crippen LogP contribution is 2.46. The summed E-state index contributed by atoms with van der Waals surface area (Å²) < 4.78 is 0. The predicted octanol–water partition coefficient (Wildman–Crippen LogP) is 4.58. The van der Waals surface area contributed by atoms with Crippen molar-refractivity contribution in [3.05, 3.63) is 70.8 Å². The Morgan fingerprint density at radius 3 is 1.68 bits per heavy atom. The standard InChI is InChI=1S/C21H22O4/c1-14-3-2-12-21(13-14,17-8-4-15(5-9-17)19(22)23)18-10-6-16(7-11-18)20(24)25/h4-11,14H,2-3,12-13H2,1H3,(H,22,23)(H,24,25). The van der Waals surface area contributed by atoms with Crippen molar-refractivity contribution in [1.82, 2.24) is 0 Å². The molecule has 1 aliphatic rings. The van der Waals surface area contributed by atoms with Crippen LogP contribution in [0.1, 0.15) is 64.4 Å².